The van der Waals surface area contributed by atoms with Crippen molar-refractivity contribution in [2.24, 2.45) is 4.99 Å². The molecule has 6 nitrogen and oxygen atoms in total. The molecular weight excluding hydrogens is 412 g/mol. The number of rotatable bonds is 4. The summed E-state index contributed by atoms with van der Waals surface area (Å²) in [6.07, 6.45) is 0. The van der Waals surface area contributed by atoms with Crippen molar-refractivity contribution in [1.82, 2.24) is 4.57 Å². The van der Waals surface area contributed by atoms with Gasteiger partial charge in [0.2, 0.25) is 0 Å². The molecule has 0 aliphatic heterocycles. The molecule has 0 radical (unpaired) electrons. The van der Waals surface area contributed by atoms with E-state index in [1.54, 1.807) is 10.6 Å². The van der Waals surface area contributed by atoms with Gasteiger partial charge in [-0.15, -0.1) is 0 Å². The van der Waals surface area contributed by atoms with E-state index in [0.717, 1.165) is 32.1 Å². The Hall–Kier alpha value is -3.45. The average Bonchev–Trinajstić information content (AvgIpc) is 3.09. The molecule has 0 N–H and O–H groups in total. The highest BCUT2D eigenvalue weighted by Crippen LogP contribution is 2.27. The number of hydrogen-bond donors (Lipinski definition) is 0. The minimum absolute atomic E-state index is 0.0264. The van der Waals surface area contributed by atoms with Crippen molar-refractivity contribution in [3.05, 3.63) is 70.0 Å². The number of methoxy groups -OCH3 is 2. The van der Waals surface area contributed by atoms with Gasteiger partial charge < -0.3 is 14.0 Å². The number of carbonyl (C=O) groups excluding carboxylic acids is 2. The summed E-state index contributed by atoms with van der Waals surface area (Å²) in [5.74, 6) is -0.376. The Labute approximate surface area is 183 Å². The van der Waals surface area contributed by atoms with Crippen LogP contribution in [0, 0.1) is 13.8 Å². The van der Waals surface area contributed by atoms with E-state index in [-0.39, 0.29) is 6.54 Å². The SMILES string of the molecule is COC(=O)Cn1c(=NC(=O)c2cc3ccccc3cc2OC)sc2cc(C)cc(C)c21. The van der Waals surface area contributed by atoms with Crippen LogP contribution in [-0.4, -0.2) is 30.7 Å². The number of ether oxygens (including phenoxy) is 2. The van der Waals surface area contributed by atoms with E-state index in [1.807, 2.05) is 56.3 Å². The van der Waals surface area contributed by atoms with Crippen LogP contribution in [0.1, 0.15) is 21.5 Å². The average molecular weight is 435 g/mol. The predicted molar refractivity (Wildman–Crippen MR) is 122 cm³/mol. The molecular formula is C24H22N2O4S. The molecule has 4 aromatic rings. The van der Waals surface area contributed by atoms with Gasteiger partial charge in [-0.05, 0) is 53.9 Å². The Balaban J connectivity index is 1.92. The van der Waals surface area contributed by atoms with Gasteiger partial charge in [-0.2, -0.15) is 4.99 Å². The van der Waals surface area contributed by atoms with Gasteiger partial charge in [0.15, 0.2) is 4.80 Å². The van der Waals surface area contributed by atoms with Crippen molar-refractivity contribution in [1.29, 1.82) is 0 Å². The monoisotopic (exact) mass is 434 g/mol. The van der Waals surface area contributed by atoms with Gasteiger partial charge in [0.25, 0.3) is 5.91 Å². The number of aromatic nitrogens is 1. The van der Waals surface area contributed by atoms with Gasteiger partial charge >= 0.3 is 5.97 Å². The minimum Gasteiger partial charge on any atom is -0.496 e. The van der Waals surface area contributed by atoms with Gasteiger partial charge in [0, 0.05) is 0 Å². The lowest BCUT2D eigenvalue weighted by Crippen LogP contribution is -2.22. The number of benzene rings is 3. The van der Waals surface area contributed by atoms with Crippen LogP contribution in [0.5, 0.6) is 5.75 Å². The van der Waals surface area contributed by atoms with E-state index >= 15 is 0 Å². The molecule has 0 unspecified atom stereocenters. The van der Waals surface area contributed by atoms with Gasteiger partial charge in [0.05, 0.1) is 30.0 Å². The van der Waals surface area contributed by atoms with Crippen molar-refractivity contribution >= 4 is 44.2 Å². The van der Waals surface area contributed by atoms with Crippen LogP contribution in [0.4, 0.5) is 0 Å². The molecule has 0 atom stereocenters. The van der Waals surface area contributed by atoms with Crippen LogP contribution in [0.25, 0.3) is 21.0 Å². The highest BCUT2D eigenvalue weighted by molar-refractivity contribution is 7.16. The number of nitrogens with zero attached hydrogens (tertiary/aromatic N) is 2. The van der Waals surface area contributed by atoms with E-state index in [0.29, 0.717) is 16.1 Å². The third-order valence-electron chi connectivity index (χ3n) is 5.12. The molecule has 0 spiro atoms. The quantitative estimate of drug-likeness (QED) is 0.447. The predicted octanol–water partition coefficient (Wildman–Crippen LogP) is 4.40. The molecule has 1 amide bonds. The molecule has 0 aliphatic rings. The van der Waals surface area contributed by atoms with Crippen LogP contribution in [0.2, 0.25) is 0 Å². The fourth-order valence-electron chi connectivity index (χ4n) is 3.72. The topological polar surface area (TPSA) is 69.9 Å². The second-order valence-corrected chi connectivity index (χ2v) is 8.30. The Kier molecular flexibility index (Phi) is 5.61. The summed E-state index contributed by atoms with van der Waals surface area (Å²) < 4.78 is 13.0. The fraction of sp³-hybridized carbons (Fsp3) is 0.208. The first-order valence-electron chi connectivity index (χ1n) is 9.74. The van der Waals surface area contributed by atoms with Crippen LogP contribution in [0.3, 0.4) is 0 Å². The van der Waals surface area contributed by atoms with E-state index in [2.05, 4.69) is 4.99 Å². The smallest absolute Gasteiger partial charge is 0.325 e. The van der Waals surface area contributed by atoms with E-state index < -0.39 is 11.9 Å². The molecule has 4 rings (SSSR count). The first-order chi connectivity index (χ1) is 14.9. The standard InChI is InChI=1S/C24H22N2O4S/c1-14-9-15(2)22-20(10-14)31-24(26(22)13-21(27)30-4)25-23(28)18-11-16-7-5-6-8-17(16)12-19(18)29-3/h5-12H,13H2,1-4H3. The van der Waals surface area contributed by atoms with E-state index in [9.17, 15) is 9.59 Å². The molecule has 158 valence electrons. The van der Waals surface area contributed by atoms with Crippen molar-refractivity contribution in [2.75, 3.05) is 14.2 Å². The second kappa shape index (κ2) is 8.35. The molecule has 0 aliphatic carbocycles. The molecule has 3 aromatic carbocycles. The lowest BCUT2D eigenvalue weighted by Gasteiger charge is -2.08. The Morgan fingerprint density at radius 1 is 1.03 bits per heavy atom. The normalized spacial score (nSPS) is 11.8. The summed E-state index contributed by atoms with van der Waals surface area (Å²) in [6.45, 7) is 3.97. The van der Waals surface area contributed by atoms with E-state index in [1.165, 1.54) is 25.6 Å². The third-order valence-corrected chi connectivity index (χ3v) is 6.15. The zero-order chi connectivity index (χ0) is 22.1. The van der Waals surface area contributed by atoms with Crippen molar-refractivity contribution in [3.8, 4) is 5.75 Å². The molecule has 31 heavy (non-hydrogen) atoms. The largest absolute Gasteiger partial charge is 0.496 e. The Morgan fingerprint density at radius 3 is 2.42 bits per heavy atom. The van der Waals surface area contributed by atoms with Crippen LogP contribution in [-0.2, 0) is 16.1 Å². The van der Waals surface area contributed by atoms with Gasteiger partial charge in [-0.3, -0.25) is 9.59 Å². The first kappa shape index (κ1) is 20.8. The highest BCUT2D eigenvalue weighted by atomic mass is 32.1. The first-order valence-corrected chi connectivity index (χ1v) is 10.6. The summed E-state index contributed by atoms with van der Waals surface area (Å²) >= 11 is 1.37. The molecule has 7 heteroatoms. The van der Waals surface area contributed by atoms with Crippen LogP contribution < -0.4 is 9.54 Å². The summed E-state index contributed by atoms with van der Waals surface area (Å²) in [4.78, 5) is 30.1. The lowest BCUT2D eigenvalue weighted by molar-refractivity contribution is -0.141. The molecule has 0 saturated heterocycles. The second-order valence-electron chi connectivity index (χ2n) is 7.29. The van der Waals surface area contributed by atoms with Crippen LogP contribution in [0.15, 0.2) is 53.5 Å². The fourth-order valence-corrected chi connectivity index (χ4v) is 4.92. The zero-order valence-corrected chi connectivity index (χ0v) is 18.6. The van der Waals surface area contributed by atoms with Crippen LogP contribution >= 0.6 is 11.3 Å². The molecule has 0 bridgehead atoms. The summed E-state index contributed by atoms with van der Waals surface area (Å²) in [5, 5.41) is 1.90. The number of amides is 1. The number of fused-ring (bicyclic) bond motifs is 2. The summed E-state index contributed by atoms with van der Waals surface area (Å²) in [6, 6.07) is 15.4. The Morgan fingerprint density at radius 2 is 1.74 bits per heavy atom. The molecule has 1 heterocycles. The van der Waals surface area contributed by atoms with E-state index in [4.69, 9.17) is 9.47 Å². The molecule has 1 aromatic heterocycles. The van der Waals surface area contributed by atoms with Crippen molar-refractivity contribution in [2.45, 2.75) is 20.4 Å². The number of hydrogen-bond acceptors (Lipinski definition) is 5. The summed E-state index contributed by atoms with van der Waals surface area (Å²) in [7, 11) is 2.88. The number of esters is 1. The van der Waals surface area contributed by atoms with Crippen molar-refractivity contribution in [3.63, 3.8) is 0 Å². The minimum atomic E-state index is -0.429. The van der Waals surface area contributed by atoms with Gasteiger partial charge in [-0.1, -0.05) is 41.7 Å². The number of thiazole rings is 1. The highest BCUT2D eigenvalue weighted by Gasteiger charge is 2.17. The molecule has 0 fully saturated rings. The number of carbonyl (C=O) groups is 2. The maximum absolute atomic E-state index is 13.2. The summed E-state index contributed by atoms with van der Waals surface area (Å²) in [5.41, 5.74) is 3.35. The van der Waals surface area contributed by atoms with Crippen molar-refractivity contribution < 1.29 is 19.1 Å². The van der Waals surface area contributed by atoms with Gasteiger partial charge in [0.1, 0.15) is 12.3 Å². The third kappa shape index (κ3) is 3.96. The Bertz CT molecular complexity index is 1400. The maximum atomic E-state index is 13.2. The lowest BCUT2D eigenvalue weighted by atomic mass is 10.1. The zero-order valence-electron chi connectivity index (χ0n) is 17.8. The number of aryl methyl sites for hydroxylation is 2. The maximum Gasteiger partial charge on any atom is 0.325 e. The molecule has 0 saturated carbocycles. The van der Waals surface area contributed by atoms with Gasteiger partial charge in [-0.25, -0.2) is 0 Å².